The van der Waals surface area contributed by atoms with E-state index in [0.29, 0.717) is 12.1 Å². The van der Waals surface area contributed by atoms with Crippen molar-refractivity contribution in [3.8, 4) is 6.07 Å². The Balaban J connectivity index is 2.16. The number of aryl methyl sites for hydroxylation is 3. The van der Waals surface area contributed by atoms with Crippen molar-refractivity contribution in [2.24, 2.45) is 0 Å². The zero-order chi connectivity index (χ0) is 13.1. The van der Waals surface area contributed by atoms with Gasteiger partial charge in [0.15, 0.2) is 0 Å². The number of anilines is 1. The summed E-state index contributed by atoms with van der Waals surface area (Å²) in [5.41, 5.74) is 3.67. The number of hydrogen-bond acceptors (Lipinski definition) is 4. The Kier molecular flexibility index (Phi) is 3.63. The molecule has 1 aromatic heterocycles. The van der Waals surface area contributed by atoms with Crippen LogP contribution in [0.2, 0.25) is 0 Å². The Morgan fingerprint density at radius 3 is 2.72 bits per heavy atom. The van der Waals surface area contributed by atoms with Crippen LogP contribution in [0.4, 0.5) is 5.69 Å². The third kappa shape index (κ3) is 2.52. The van der Waals surface area contributed by atoms with Crippen LogP contribution in [0, 0.1) is 32.1 Å². The number of hydrogen-bond donors (Lipinski definition) is 1. The maximum absolute atomic E-state index is 9.14. The third-order valence-corrected chi connectivity index (χ3v) is 3.96. The molecule has 2 aromatic rings. The van der Waals surface area contributed by atoms with E-state index >= 15 is 0 Å². The number of nitriles is 1. The van der Waals surface area contributed by atoms with Crippen molar-refractivity contribution in [2.45, 2.75) is 27.3 Å². The summed E-state index contributed by atoms with van der Waals surface area (Å²) in [5, 5.41) is 13.5. The second kappa shape index (κ2) is 5.19. The molecule has 18 heavy (non-hydrogen) atoms. The average molecular weight is 257 g/mol. The molecule has 0 aliphatic carbocycles. The molecule has 1 heterocycles. The maximum atomic E-state index is 9.14. The molecule has 2 rings (SSSR count). The van der Waals surface area contributed by atoms with Crippen LogP contribution in [0.25, 0.3) is 0 Å². The van der Waals surface area contributed by atoms with Crippen molar-refractivity contribution in [3.05, 3.63) is 44.9 Å². The van der Waals surface area contributed by atoms with Gasteiger partial charge in [0.05, 0.1) is 23.5 Å². The molecule has 0 saturated carbocycles. The lowest BCUT2D eigenvalue weighted by Gasteiger charge is -2.08. The summed E-state index contributed by atoms with van der Waals surface area (Å²) in [7, 11) is 0. The standard InChI is InChI=1S/C14H15N3S/c1-9-5-4-6-13(12(9)7-15)16-8-14-17-10(2)11(3)18-14/h4-6,16H,8H2,1-3H3. The van der Waals surface area contributed by atoms with E-state index < -0.39 is 0 Å². The van der Waals surface area contributed by atoms with Crippen LogP contribution in [0.5, 0.6) is 0 Å². The quantitative estimate of drug-likeness (QED) is 0.914. The summed E-state index contributed by atoms with van der Waals surface area (Å²) < 4.78 is 0. The Labute approximate surface area is 111 Å². The summed E-state index contributed by atoms with van der Waals surface area (Å²) in [6.07, 6.45) is 0. The molecule has 0 atom stereocenters. The number of rotatable bonds is 3. The van der Waals surface area contributed by atoms with E-state index in [9.17, 15) is 0 Å². The smallest absolute Gasteiger partial charge is 0.112 e. The van der Waals surface area contributed by atoms with Crippen LogP contribution >= 0.6 is 11.3 Å². The molecule has 0 radical (unpaired) electrons. The number of nitrogens with one attached hydrogen (secondary N) is 1. The van der Waals surface area contributed by atoms with Crippen molar-refractivity contribution < 1.29 is 0 Å². The van der Waals surface area contributed by atoms with E-state index in [2.05, 4.69) is 23.3 Å². The van der Waals surface area contributed by atoms with Gasteiger partial charge in [-0.25, -0.2) is 4.98 Å². The fourth-order valence-electron chi connectivity index (χ4n) is 1.75. The highest BCUT2D eigenvalue weighted by Crippen LogP contribution is 2.21. The van der Waals surface area contributed by atoms with Gasteiger partial charge in [-0.2, -0.15) is 5.26 Å². The van der Waals surface area contributed by atoms with Crippen LogP contribution < -0.4 is 5.32 Å². The molecular weight excluding hydrogens is 242 g/mol. The lowest BCUT2D eigenvalue weighted by atomic mass is 10.1. The van der Waals surface area contributed by atoms with Crippen LogP contribution in [0.1, 0.15) is 26.7 Å². The van der Waals surface area contributed by atoms with Crippen LogP contribution in [-0.2, 0) is 6.54 Å². The molecule has 0 aliphatic heterocycles. The number of aromatic nitrogens is 1. The van der Waals surface area contributed by atoms with Gasteiger partial charge >= 0.3 is 0 Å². The lowest BCUT2D eigenvalue weighted by molar-refractivity contribution is 1.07. The van der Waals surface area contributed by atoms with E-state index in [1.807, 2.05) is 32.0 Å². The van der Waals surface area contributed by atoms with E-state index in [1.54, 1.807) is 11.3 Å². The SMILES string of the molecule is Cc1cccc(NCc2nc(C)c(C)s2)c1C#N. The van der Waals surface area contributed by atoms with Gasteiger partial charge in [-0.1, -0.05) is 12.1 Å². The van der Waals surface area contributed by atoms with Crippen molar-refractivity contribution in [1.82, 2.24) is 4.98 Å². The monoisotopic (exact) mass is 257 g/mol. The summed E-state index contributed by atoms with van der Waals surface area (Å²) in [5.74, 6) is 0. The van der Waals surface area contributed by atoms with Crippen LogP contribution in [0.3, 0.4) is 0 Å². The van der Waals surface area contributed by atoms with Crippen LogP contribution in [-0.4, -0.2) is 4.98 Å². The minimum atomic E-state index is 0.664. The molecule has 0 bridgehead atoms. The molecule has 0 saturated heterocycles. The summed E-state index contributed by atoms with van der Waals surface area (Å²) in [4.78, 5) is 5.72. The first kappa shape index (κ1) is 12.6. The number of nitrogens with zero attached hydrogens (tertiary/aromatic N) is 2. The van der Waals surface area contributed by atoms with Gasteiger partial charge < -0.3 is 5.32 Å². The van der Waals surface area contributed by atoms with E-state index in [0.717, 1.165) is 22.0 Å². The fraction of sp³-hybridized carbons (Fsp3) is 0.286. The molecule has 1 aromatic carbocycles. The molecule has 0 unspecified atom stereocenters. The first-order chi connectivity index (χ1) is 8.61. The molecule has 92 valence electrons. The maximum Gasteiger partial charge on any atom is 0.112 e. The predicted octanol–water partition coefficient (Wildman–Crippen LogP) is 3.55. The largest absolute Gasteiger partial charge is 0.377 e. The zero-order valence-electron chi connectivity index (χ0n) is 10.7. The normalized spacial score (nSPS) is 10.1. The Morgan fingerprint density at radius 2 is 2.11 bits per heavy atom. The zero-order valence-corrected chi connectivity index (χ0v) is 11.6. The summed E-state index contributed by atoms with van der Waals surface area (Å²) >= 11 is 1.69. The van der Waals surface area contributed by atoms with Gasteiger partial charge in [-0.3, -0.25) is 0 Å². The fourth-order valence-corrected chi connectivity index (χ4v) is 2.62. The lowest BCUT2D eigenvalue weighted by Crippen LogP contribution is -2.01. The molecule has 0 amide bonds. The molecule has 4 heteroatoms. The van der Waals surface area contributed by atoms with Crippen molar-refractivity contribution >= 4 is 17.0 Å². The molecule has 0 spiro atoms. The first-order valence-corrected chi connectivity index (χ1v) is 6.60. The van der Waals surface area contributed by atoms with Gasteiger partial charge in [0.25, 0.3) is 0 Å². The average Bonchev–Trinajstić information content (AvgIpc) is 2.66. The van der Waals surface area contributed by atoms with E-state index in [-0.39, 0.29) is 0 Å². The second-order valence-electron chi connectivity index (χ2n) is 4.21. The van der Waals surface area contributed by atoms with Gasteiger partial charge in [0, 0.05) is 4.88 Å². The third-order valence-electron chi connectivity index (χ3n) is 2.89. The molecule has 1 N–H and O–H groups in total. The highest BCUT2D eigenvalue weighted by molar-refractivity contribution is 7.11. The topological polar surface area (TPSA) is 48.7 Å². The van der Waals surface area contributed by atoms with Crippen LogP contribution in [0.15, 0.2) is 18.2 Å². The van der Waals surface area contributed by atoms with Gasteiger partial charge in [-0.05, 0) is 32.4 Å². The Bertz CT molecular complexity index is 588. The van der Waals surface area contributed by atoms with E-state index in [1.165, 1.54) is 4.88 Å². The number of benzene rings is 1. The van der Waals surface area contributed by atoms with Crippen molar-refractivity contribution in [2.75, 3.05) is 5.32 Å². The van der Waals surface area contributed by atoms with Gasteiger partial charge in [0.2, 0.25) is 0 Å². The molecule has 0 aliphatic rings. The number of thiazole rings is 1. The van der Waals surface area contributed by atoms with Crippen molar-refractivity contribution in [1.29, 1.82) is 5.26 Å². The molecular formula is C14H15N3S. The van der Waals surface area contributed by atoms with E-state index in [4.69, 9.17) is 5.26 Å². The molecule has 0 fully saturated rings. The second-order valence-corrected chi connectivity index (χ2v) is 5.50. The highest BCUT2D eigenvalue weighted by atomic mass is 32.1. The van der Waals surface area contributed by atoms with Gasteiger partial charge in [-0.15, -0.1) is 11.3 Å². The Hall–Kier alpha value is -1.86. The summed E-state index contributed by atoms with van der Waals surface area (Å²) in [6.45, 7) is 6.70. The minimum Gasteiger partial charge on any atom is -0.377 e. The van der Waals surface area contributed by atoms with Gasteiger partial charge in [0.1, 0.15) is 11.1 Å². The minimum absolute atomic E-state index is 0.664. The predicted molar refractivity (Wildman–Crippen MR) is 74.8 cm³/mol. The van der Waals surface area contributed by atoms with Crippen molar-refractivity contribution in [3.63, 3.8) is 0 Å². The Morgan fingerprint density at radius 1 is 1.33 bits per heavy atom. The first-order valence-electron chi connectivity index (χ1n) is 5.78. The molecule has 3 nitrogen and oxygen atoms in total. The highest BCUT2D eigenvalue weighted by Gasteiger charge is 2.07. The summed E-state index contributed by atoms with van der Waals surface area (Å²) in [6, 6.07) is 8.07.